The molecule has 0 bridgehead atoms. The van der Waals surface area contributed by atoms with E-state index >= 15 is 0 Å². The molecule has 0 saturated carbocycles. The molecule has 0 unspecified atom stereocenters. The summed E-state index contributed by atoms with van der Waals surface area (Å²) < 4.78 is 5.28. The third kappa shape index (κ3) is 3.69. The molecule has 2 aromatic carbocycles. The minimum absolute atomic E-state index is 0.492. The normalized spacial score (nSPS) is 10.9. The fraction of sp³-hybridized carbons (Fsp3) is 0.0833. The standard InChI is InChI=1S/C24H20N4O/c1-16-21-10-11-27-23(21)9-8-22(16)28-24-18(14-26-15-19(24)13-25)7-6-17-4-3-5-20(12-17)29-2/h3-12,14-15,27H,1-2H3,(H,26,28). The molecule has 0 aliphatic rings. The molecule has 0 saturated heterocycles. The van der Waals surface area contributed by atoms with E-state index in [2.05, 4.69) is 34.3 Å². The Balaban J connectivity index is 1.73. The number of nitrogens with zero attached hydrogens (tertiary/aromatic N) is 2. The van der Waals surface area contributed by atoms with E-state index in [1.807, 2.05) is 54.7 Å². The Morgan fingerprint density at radius 3 is 2.86 bits per heavy atom. The number of nitrogens with one attached hydrogen (secondary N) is 2. The van der Waals surface area contributed by atoms with E-state index in [4.69, 9.17) is 4.74 Å². The number of pyridine rings is 1. The van der Waals surface area contributed by atoms with Gasteiger partial charge in [0.1, 0.15) is 11.8 Å². The first-order valence-electron chi connectivity index (χ1n) is 9.23. The molecule has 29 heavy (non-hydrogen) atoms. The fourth-order valence-electron chi connectivity index (χ4n) is 3.31. The van der Waals surface area contributed by atoms with Crippen LogP contribution in [0.5, 0.6) is 5.75 Å². The maximum Gasteiger partial charge on any atom is 0.119 e. The monoisotopic (exact) mass is 380 g/mol. The smallest absolute Gasteiger partial charge is 0.119 e. The average Bonchev–Trinajstić information content (AvgIpc) is 3.24. The van der Waals surface area contributed by atoms with Gasteiger partial charge in [0.15, 0.2) is 0 Å². The van der Waals surface area contributed by atoms with E-state index in [9.17, 15) is 5.26 Å². The third-order valence-corrected chi connectivity index (χ3v) is 4.91. The van der Waals surface area contributed by atoms with E-state index in [0.29, 0.717) is 5.56 Å². The molecule has 0 atom stereocenters. The molecule has 4 rings (SSSR count). The second kappa shape index (κ2) is 7.91. The molecule has 2 heterocycles. The van der Waals surface area contributed by atoms with Crippen LogP contribution in [0.1, 0.15) is 22.3 Å². The first kappa shape index (κ1) is 18.3. The van der Waals surface area contributed by atoms with Crippen LogP contribution >= 0.6 is 0 Å². The van der Waals surface area contributed by atoms with E-state index < -0.39 is 0 Å². The second-order valence-corrected chi connectivity index (χ2v) is 6.68. The molecule has 0 amide bonds. The highest BCUT2D eigenvalue weighted by molar-refractivity contribution is 5.90. The van der Waals surface area contributed by atoms with Crippen LogP contribution in [0, 0.1) is 18.3 Å². The van der Waals surface area contributed by atoms with Crippen molar-refractivity contribution in [3.63, 3.8) is 0 Å². The highest BCUT2D eigenvalue weighted by atomic mass is 16.5. The van der Waals surface area contributed by atoms with Crippen LogP contribution in [-0.4, -0.2) is 17.1 Å². The first-order chi connectivity index (χ1) is 14.2. The number of anilines is 2. The predicted octanol–water partition coefficient (Wildman–Crippen LogP) is 5.67. The highest BCUT2D eigenvalue weighted by Gasteiger charge is 2.11. The van der Waals surface area contributed by atoms with Crippen LogP contribution in [0.4, 0.5) is 11.4 Å². The Hall–Kier alpha value is -4.04. The predicted molar refractivity (Wildman–Crippen MR) is 117 cm³/mol. The molecule has 142 valence electrons. The number of hydrogen-bond acceptors (Lipinski definition) is 4. The molecular formula is C24H20N4O. The molecule has 0 fully saturated rings. The van der Waals surface area contributed by atoms with Crippen LogP contribution < -0.4 is 10.1 Å². The summed E-state index contributed by atoms with van der Waals surface area (Å²) in [5.41, 5.74) is 6.22. The van der Waals surface area contributed by atoms with Gasteiger partial charge in [0.2, 0.25) is 0 Å². The van der Waals surface area contributed by atoms with Gasteiger partial charge in [0.25, 0.3) is 0 Å². The summed E-state index contributed by atoms with van der Waals surface area (Å²) in [7, 11) is 1.65. The van der Waals surface area contributed by atoms with Gasteiger partial charge in [-0.15, -0.1) is 0 Å². The Labute approximate surface area is 169 Å². The van der Waals surface area contributed by atoms with Crippen molar-refractivity contribution in [2.45, 2.75) is 6.92 Å². The molecule has 5 nitrogen and oxygen atoms in total. The summed E-state index contributed by atoms with van der Waals surface area (Å²) >= 11 is 0. The largest absolute Gasteiger partial charge is 0.497 e. The van der Waals surface area contributed by atoms with Crippen LogP contribution in [0.25, 0.3) is 23.1 Å². The number of ether oxygens (including phenoxy) is 1. The number of methoxy groups -OCH3 is 1. The Morgan fingerprint density at radius 1 is 1.14 bits per heavy atom. The number of nitriles is 1. The van der Waals surface area contributed by atoms with Crippen molar-refractivity contribution in [1.82, 2.24) is 9.97 Å². The quantitative estimate of drug-likeness (QED) is 0.468. The molecule has 4 aromatic rings. The Morgan fingerprint density at radius 2 is 2.03 bits per heavy atom. The number of fused-ring (bicyclic) bond motifs is 1. The van der Waals surface area contributed by atoms with E-state index in [-0.39, 0.29) is 0 Å². The minimum Gasteiger partial charge on any atom is -0.497 e. The van der Waals surface area contributed by atoms with Crippen molar-refractivity contribution < 1.29 is 4.74 Å². The van der Waals surface area contributed by atoms with Gasteiger partial charge in [0, 0.05) is 40.7 Å². The molecule has 0 radical (unpaired) electrons. The molecule has 2 aromatic heterocycles. The number of aromatic nitrogens is 2. The van der Waals surface area contributed by atoms with Gasteiger partial charge in [-0.25, -0.2) is 0 Å². The molecule has 2 N–H and O–H groups in total. The number of benzene rings is 2. The third-order valence-electron chi connectivity index (χ3n) is 4.91. The minimum atomic E-state index is 0.492. The lowest BCUT2D eigenvalue weighted by Gasteiger charge is -2.14. The van der Waals surface area contributed by atoms with Crippen molar-refractivity contribution in [2.75, 3.05) is 12.4 Å². The molecular weight excluding hydrogens is 360 g/mol. The summed E-state index contributed by atoms with van der Waals surface area (Å²) in [6.45, 7) is 2.07. The Bertz CT molecular complexity index is 1250. The highest BCUT2D eigenvalue weighted by Crippen LogP contribution is 2.31. The Kier molecular flexibility index (Phi) is 5.00. The topological polar surface area (TPSA) is 73.7 Å². The molecule has 0 spiro atoms. The summed E-state index contributed by atoms with van der Waals surface area (Å²) in [5.74, 6) is 0.796. The number of aryl methyl sites for hydroxylation is 1. The van der Waals surface area contributed by atoms with E-state index in [0.717, 1.165) is 44.7 Å². The summed E-state index contributed by atoms with van der Waals surface area (Å²) in [6, 6.07) is 16.1. The van der Waals surface area contributed by atoms with Gasteiger partial charge in [-0.05, 0) is 48.4 Å². The van der Waals surface area contributed by atoms with E-state index in [1.54, 1.807) is 19.5 Å². The van der Waals surface area contributed by atoms with Crippen molar-refractivity contribution >= 4 is 34.4 Å². The summed E-state index contributed by atoms with van der Waals surface area (Å²) in [5, 5.41) is 14.2. The summed E-state index contributed by atoms with van der Waals surface area (Å²) in [6.07, 6.45) is 9.19. The number of rotatable bonds is 5. The van der Waals surface area contributed by atoms with Crippen LogP contribution in [0.15, 0.2) is 61.1 Å². The molecule has 0 aliphatic carbocycles. The lowest BCUT2D eigenvalue weighted by Crippen LogP contribution is -1.99. The average molecular weight is 380 g/mol. The van der Waals surface area contributed by atoms with Gasteiger partial charge >= 0.3 is 0 Å². The fourth-order valence-corrected chi connectivity index (χ4v) is 3.31. The van der Waals surface area contributed by atoms with Crippen LogP contribution in [-0.2, 0) is 0 Å². The number of aromatic amines is 1. The van der Waals surface area contributed by atoms with Gasteiger partial charge in [0.05, 0.1) is 18.4 Å². The van der Waals surface area contributed by atoms with Gasteiger partial charge in [-0.2, -0.15) is 5.26 Å². The summed E-state index contributed by atoms with van der Waals surface area (Å²) in [4.78, 5) is 7.45. The van der Waals surface area contributed by atoms with Crippen LogP contribution in [0.3, 0.4) is 0 Å². The maximum atomic E-state index is 9.61. The zero-order valence-corrected chi connectivity index (χ0v) is 16.2. The molecule has 0 aliphatic heterocycles. The first-order valence-corrected chi connectivity index (χ1v) is 9.23. The number of H-pyrrole nitrogens is 1. The SMILES string of the molecule is COc1cccc(C=Cc2cncc(C#N)c2Nc2ccc3[nH]ccc3c2C)c1. The lowest BCUT2D eigenvalue weighted by atomic mass is 10.1. The zero-order valence-electron chi connectivity index (χ0n) is 16.2. The number of hydrogen-bond donors (Lipinski definition) is 2. The zero-order chi connectivity index (χ0) is 20.2. The maximum absolute atomic E-state index is 9.61. The van der Waals surface area contributed by atoms with Crippen molar-refractivity contribution in [1.29, 1.82) is 5.26 Å². The van der Waals surface area contributed by atoms with E-state index in [1.165, 1.54) is 0 Å². The van der Waals surface area contributed by atoms with Crippen LogP contribution in [0.2, 0.25) is 0 Å². The van der Waals surface area contributed by atoms with Gasteiger partial charge in [-0.1, -0.05) is 24.3 Å². The van der Waals surface area contributed by atoms with Gasteiger partial charge in [-0.3, -0.25) is 4.98 Å². The van der Waals surface area contributed by atoms with Crippen molar-refractivity contribution in [3.8, 4) is 11.8 Å². The second-order valence-electron chi connectivity index (χ2n) is 6.68. The molecule has 5 heteroatoms. The lowest BCUT2D eigenvalue weighted by molar-refractivity contribution is 0.414. The van der Waals surface area contributed by atoms with Gasteiger partial charge < -0.3 is 15.0 Å². The van der Waals surface area contributed by atoms with Crippen molar-refractivity contribution in [3.05, 3.63) is 83.3 Å². The van der Waals surface area contributed by atoms with Crippen molar-refractivity contribution in [2.24, 2.45) is 0 Å².